The summed E-state index contributed by atoms with van der Waals surface area (Å²) in [6.07, 6.45) is -4.44. The predicted molar refractivity (Wildman–Crippen MR) is 60.9 cm³/mol. The Morgan fingerprint density at radius 2 is 1.89 bits per heavy atom. The molecule has 18 heavy (non-hydrogen) atoms. The molecule has 0 aromatic heterocycles. The number of ketones is 1. The summed E-state index contributed by atoms with van der Waals surface area (Å²) in [5, 5.41) is 0. The first-order chi connectivity index (χ1) is 8.47. The maximum absolute atomic E-state index is 12.7. The van der Waals surface area contributed by atoms with Crippen molar-refractivity contribution in [1.82, 2.24) is 4.90 Å². The average molecular weight is 257 g/mol. The minimum Gasteiger partial charge on any atom is -0.299 e. The molecule has 1 aliphatic heterocycles. The van der Waals surface area contributed by atoms with E-state index in [1.807, 2.05) is 30.3 Å². The number of hydrogen-bond donors (Lipinski definition) is 0. The number of benzene rings is 1. The highest BCUT2D eigenvalue weighted by atomic mass is 19.4. The van der Waals surface area contributed by atoms with Gasteiger partial charge < -0.3 is 0 Å². The zero-order valence-corrected chi connectivity index (χ0v) is 9.78. The summed E-state index contributed by atoms with van der Waals surface area (Å²) in [6.45, 7) is 0.637. The standard InChI is InChI=1S/C13H14F3NO/c14-13(15,16)11-9-17(7-6-12(11)18)8-10-4-2-1-3-5-10/h1-5,11H,6-9H2/t11-/m0/s1. The number of carbonyl (C=O) groups is 1. The SMILES string of the molecule is O=C1CCN(Cc2ccccc2)C[C@@H]1C(F)(F)F. The molecule has 2 rings (SSSR count). The van der Waals surface area contributed by atoms with Gasteiger partial charge in [0.1, 0.15) is 11.7 Å². The van der Waals surface area contributed by atoms with Gasteiger partial charge in [-0.3, -0.25) is 9.69 Å². The smallest absolute Gasteiger partial charge is 0.299 e. The zero-order chi connectivity index (χ0) is 13.2. The van der Waals surface area contributed by atoms with Crippen LogP contribution in [-0.2, 0) is 11.3 Å². The van der Waals surface area contributed by atoms with Gasteiger partial charge in [-0.15, -0.1) is 0 Å². The molecule has 1 aliphatic rings. The highest BCUT2D eigenvalue weighted by Crippen LogP contribution is 2.31. The first kappa shape index (κ1) is 13.1. The third-order valence-corrected chi connectivity index (χ3v) is 3.15. The van der Waals surface area contributed by atoms with Crippen LogP contribution in [0.25, 0.3) is 0 Å². The maximum atomic E-state index is 12.7. The number of carbonyl (C=O) groups excluding carboxylic acids is 1. The van der Waals surface area contributed by atoms with Crippen LogP contribution in [0.4, 0.5) is 13.2 Å². The zero-order valence-electron chi connectivity index (χ0n) is 9.78. The highest BCUT2D eigenvalue weighted by Gasteiger charge is 2.46. The lowest BCUT2D eigenvalue weighted by Gasteiger charge is -2.32. The molecule has 0 bridgehead atoms. The lowest BCUT2D eigenvalue weighted by Crippen LogP contribution is -2.46. The molecule has 0 radical (unpaired) electrons. The predicted octanol–water partition coefficient (Wildman–Crippen LogP) is 2.64. The molecule has 1 aromatic carbocycles. The fourth-order valence-corrected chi connectivity index (χ4v) is 2.17. The monoisotopic (exact) mass is 257 g/mol. The Labute approximate surface area is 103 Å². The van der Waals surface area contributed by atoms with Crippen molar-refractivity contribution in [2.24, 2.45) is 5.92 Å². The molecular weight excluding hydrogens is 243 g/mol. The quantitative estimate of drug-likeness (QED) is 0.811. The molecule has 1 atom stereocenters. The Morgan fingerprint density at radius 1 is 1.22 bits per heavy atom. The number of halogens is 3. The summed E-state index contributed by atoms with van der Waals surface area (Å²) < 4.78 is 38.0. The van der Waals surface area contributed by atoms with Gasteiger partial charge in [0.25, 0.3) is 0 Å². The van der Waals surface area contributed by atoms with Gasteiger partial charge in [-0.2, -0.15) is 13.2 Å². The summed E-state index contributed by atoms with van der Waals surface area (Å²) >= 11 is 0. The number of nitrogens with zero attached hydrogens (tertiary/aromatic N) is 1. The molecule has 0 aliphatic carbocycles. The topological polar surface area (TPSA) is 20.3 Å². The van der Waals surface area contributed by atoms with Crippen LogP contribution < -0.4 is 0 Å². The second-order valence-electron chi connectivity index (χ2n) is 4.53. The van der Waals surface area contributed by atoms with E-state index in [-0.39, 0.29) is 13.0 Å². The minimum atomic E-state index is -4.42. The molecule has 0 saturated carbocycles. The van der Waals surface area contributed by atoms with E-state index in [2.05, 4.69) is 0 Å². The van der Waals surface area contributed by atoms with Crippen molar-refractivity contribution in [3.63, 3.8) is 0 Å². The summed E-state index contributed by atoms with van der Waals surface area (Å²) in [5.41, 5.74) is 0.966. The van der Waals surface area contributed by atoms with Crippen molar-refractivity contribution in [1.29, 1.82) is 0 Å². The van der Waals surface area contributed by atoms with Crippen LogP contribution in [0.15, 0.2) is 30.3 Å². The number of piperidine rings is 1. The first-order valence-corrected chi connectivity index (χ1v) is 5.82. The molecule has 1 saturated heterocycles. The normalized spacial score (nSPS) is 22.2. The van der Waals surface area contributed by atoms with E-state index in [1.165, 1.54) is 0 Å². The summed E-state index contributed by atoms with van der Waals surface area (Å²) in [6, 6.07) is 9.32. The van der Waals surface area contributed by atoms with E-state index in [9.17, 15) is 18.0 Å². The molecule has 0 N–H and O–H groups in total. The highest BCUT2D eigenvalue weighted by molar-refractivity contribution is 5.82. The fraction of sp³-hybridized carbons (Fsp3) is 0.462. The number of hydrogen-bond acceptors (Lipinski definition) is 2. The summed E-state index contributed by atoms with van der Waals surface area (Å²) in [4.78, 5) is 13.0. The van der Waals surface area contributed by atoms with Crippen molar-refractivity contribution in [3.8, 4) is 0 Å². The van der Waals surface area contributed by atoms with Gasteiger partial charge in [0.15, 0.2) is 0 Å². The van der Waals surface area contributed by atoms with Gasteiger partial charge in [0.05, 0.1) is 0 Å². The van der Waals surface area contributed by atoms with Crippen molar-refractivity contribution in [3.05, 3.63) is 35.9 Å². The second kappa shape index (κ2) is 5.10. The fourth-order valence-electron chi connectivity index (χ4n) is 2.17. The van der Waals surface area contributed by atoms with Gasteiger partial charge in [0.2, 0.25) is 0 Å². The first-order valence-electron chi connectivity index (χ1n) is 5.82. The Hall–Kier alpha value is -1.36. The number of rotatable bonds is 2. The van der Waals surface area contributed by atoms with E-state index >= 15 is 0 Å². The van der Waals surface area contributed by atoms with Crippen LogP contribution in [0.2, 0.25) is 0 Å². The van der Waals surface area contributed by atoms with Gasteiger partial charge in [-0.1, -0.05) is 30.3 Å². The van der Waals surface area contributed by atoms with Crippen molar-refractivity contribution in [2.45, 2.75) is 19.1 Å². The summed E-state index contributed by atoms with van der Waals surface area (Å²) in [5.74, 6) is -2.51. The Balaban J connectivity index is 2.02. The van der Waals surface area contributed by atoms with Crippen molar-refractivity contribution >= 4 is 5.78 Å². The Morgan fingerprint density at radius 3 is 2.50 bits per heavy atom. The third-order valence-electron chi connectivity index (χ3n) is 3.15. The van der Waals surface area contributed by atoms with Gasteiger partial charge in [-0.25, -0.2) is 0 Å². The molecule has 1 heterocycles. The third kappa shape index (κ3) is 3.10. The van der Waals surface area contributed by atoms with E-state index in [1.54, 1.807) is 4.90 Å². The molecular formula is C13H14F3NO. The van der Waals surface area contributed by atoms with Crippen LogP contribution >= 0.6 is 0 Å². The second-order valence-corrected chi connectivity index (χ2v) is 4.53. The largest absolute Gasteiger partial charge is 0.399 e. The van der Waals surface area contributed by atoms with Gasteiger partial charge in [0, 0.05) is 26.1 Å². The molecule has 0 amide bonds. The van der Waals surface area contributed by atoms with Crippen LogP contribution in [0.1, 0.15) is 12.0 Å². The molecule has 1 aromatic rings. The average Bonchev–Trinajstić information content (AvgIpc) is 2.31. The number of alkyl halides is 3. The Kier molecular flexibility index (Phi) is 3.71. The van der Waals surface area contributed by atoms with Gasteiger partial charge >= 0.3 is 6.18 Å². The van der Waals surface area contributed by atoms with Crippen molar-refractivity contribution in [2.75, 3.05) is 13.1 Å². The molecule has 5 heteroatoms. The van der Waals surface area contributed by atoms with E-state index in [4.69, 9.17) is 0 Å². The van der Waals surface area contributed by atoms with E-state index < -0.39 is 17.9 Å². The lowest BCUT2D eigenvalue weighted by molar-refractivity contribution is -0.189. The van der Waals surface area contributed by atoms with Gasteiger partial charge in [-0.05, 0) is 5.56 Å². The number of Topliss-reactive ketones (excluding diaryl/α,β-unsaturated/α-hetero) is 1. The number of likely N-dealkylation sites (tertiary alicyclic amines) is 1. The van der Waals surface area contributed by atoms with Crippen LogP contribution in [0.5, 0.6) is 0 Å². The van der Waals surface area contributed by atoms with E-state index in [0.717, 1.165) is 5.56 Å². The van der Waals surface area contributed by atoms with Crippen LogP contribution in [0, 0.1) is 5.92 Å². The van der Waals surface area contributed by atoms with Crippen LogP contribution in [-0.4, -0.2) is 29.9 Å². The summed E-state index contributed by atoms with van der Waals surface area (Å²) in [7, 11) is 0. The molecule has 0 unspecified atom stereocenters. The maximum Gasteiger partial charge on any atom is 0.399 e. The van der Waals surface area contributed by atoms with Crippen molar-refractivity contribution < 1.29 is 18.0 Å². The lowest BCUT2D eigenvalue weighted by atomic mass is 9.95. The molecule has 98 valence electrons. The molecule has 1 fully saturated rings. The minimum absolute atomic E-state index is 0.0169. The Bertz CT molecular complexity index is 416. The van der Waals surface area contributed by atoms with E-state index in [0.29, 0.717) is 13.1 Å². The molecule has 0 spiro atoms. The molecule has 2 nitrogen and oxygen atoms in total. The van der Waals surface area contributed by atoms with Crippen LogP contribution in [0.3, 0.4) is 0 Å².